The van der Waals surface area contributed by atoms with Crippen LogP contribution in [0.4, 0.5) is 0 Å². The highest BCUT2D eigenvalue weighted by atomic mass is 16.5. The number of rotatable bonds is 8. The molecule has 3 aromatic rings. The molecule has 5 nitrogen and oxygen atoms in total. The fourth-order valence-corrected chi connectivity index (χ4v) is 3.50. The van der Waals surface area contributed by atoms with Crippen LogP contribution in [-0.4, -0.2) is 22.6 Å². The van der Waals surface area contributed by atoms with Gasteiger partial charge in [-0.15, -0.1) is 0 Å². The van der Waals surface area contributed by atoms with Crippen molar-refractivity contribution >= 4 is 5.91 Å². The average molecular weight is 392 g/mol. The van der Waals surface area contributed by atoms with Crippen LogP contribution in [0.3, 0.4) is 0 Å². The van der Waals surface area contributed by atoms with Crippen molar-refractivity contribution in [3.8, 4) is 5.75 Å². The number of nitrogens with one attached hydrogen (secondary N) is 1. The van der Waals surface area contributed by atoms with Gasteiger partial charge in [0.15, 0.2) is 0 Å². The maximum absolute atomic E-state index is 12.9. The van der Waals surface area contributed by atoms with Crippen molar-refractivity contribution in [1.29, 1.82) is 0 Å². The first-order chi connectivity index (χ1) is 14.0. The van der Waals surface area contributed by atoms with Crippen LogP contribution in [-0.2, 0) is 24.7 Å². The number of carbonyl (C=O) groups is 1. The molecular formula is C24H29N3O2. The fraction of sp³-hybridized carbons (Fsp3) is 0.333. The highest BCUT2D eigenvalue weighted by Gasteiger charge is 2.23. The highest BCUT2D eigenvalue weighted by Crippen LogP contribution is 2.29. The quantitative estimate of drug-likeness (QED) is 0.630. The number of benzene rings is 2. The first-order valence-electron chi connectivity index (χ1n) is 9.95. The van der Waals surface area contributed by atoms with Gasteiger partial charge in [0.25, 0.3) is 0 Å². The Morgan fingerprint density at radius 3 is 2.41 bits per heavy atom. The molecule has 0 radical (unpaired) electrons. The first-order valence-corrected chi connectivity index (χ1v) is 9.95. The molecule has 1 unspecified atom stereocenters. The monoisotopic (exact) mass is 391 g/mol. The Morgan fingerprint density at radius 2 is 1.79 bits per heavy atom. The predicted octanol–water partition coefficient (Wildman–Crippen LogP) is 4.08. The smallest absolute Gasteiger partial charge is 0.225 e. The third-order valence-electron chi connectivity index (χ3n) is 4.90. The van der Waals surface area contributed by atoms with Crippen molar-refractivity contribution in [1.82, 2.24) is 14.9 Å². The van der Waals surface area contributed by atoms with Crippen molar-refractivity contribution in [3.05, 3.63) is 83.4 Å². The SMILES string of the molecule is COc1ccccc1C(NC(=O)Cc1ccc(CC(C)C)cc1)c1nccn1C. The van der Waals surface area contributed by atoms with Gasteiger partial charge in [0.2, 0.25) is 5.91 Å². The molecule has 2 aromatic carbocycles. The van der Waals surface area contributed by atoms with Gasteiger partial charge in [0, 0.05) is 25.0 Å². The number of aryl methyl sites for hydroxylation is 1. The van der Waals surface area contributed by atoms with Gasteiger partial charge in [-0.3, -0.25) is 4.79 Å². The predicted molar refractivity (Wildman–Crippen MR) is 115 cm³/mol. The van der Waals surface area contributed by atoms with Crippen LogP contribution in [0, 0.1) is 5.92 Å². The minimum absolute atomic E-state index is 0.0551. The van der Waals surface area contributed by atoms with Gasteiger partial charge in [0.1, 0.15) is 17.6 Å². The van der Waals surface area contributed by atoms with Crippen molar-refractivity contribution in [2.75, 3.05) is 7.11 Å². The molecular weight excluding hydrogens is 362 g/mol. The number of hydrogen-bond donors (Lipinski definition) is 1. The molecule has 0 aliphatic carbocycles. The number of hydrogen-bond acceptors (Lipinski definition) is 3. The van der Waals surface area contributed by atoms with Crippen LogP contribution in [0.5, 0.6) is 5.75 Å². The summed E-state index contributed by atoms with van der Waals surface area (Å²) in [5.41, 5.74) is 3.17. The number of nitrogens with zero attached hydrogens (tertiary/aromatic N) is 2. The van der Waals surface area contributed by atoms with Gasteiger partial charge in [-0.1, -0.05) is 56.3 Å². The van der Waals surface area contributed by atoms with E-state index in [0.717, 1.165) is 29.1 Å². The number of methoxy groups -OCH3 is 1. The summed E-state index contributed by atoms with van der Waals surface area (Å²) in [4.78, 5) is 17.3. The van der Waals surface area contributed by atoms with Gasteiger partial charge in [0.05, 0.1) is 13.5 Å². The topological polar surface area (TPSA) is 56.1 Å². The Balaban J connectivity index is 1.79. The van der Waals surface area contributed by atoms with E-state index >= 15 is 0 Å². The van der Waals surface area contributed by atoms with Gasteiger partial charge >= 0.3 is 0 Å². The van der Waals surface area contributed by atoms with Crippen molar-refractivity contribution in [2.45, 2.75) is 32.7 Å². The third kappa shape index (κ3) is 5.25. The summed E-state index contributed by atoms with van der Waals surface area (Å²) >= 11 is 0. The molecule has 5 heteroatoms. The van der Waals surface area contributed by atoms with E-state index < -0.39 is 0 Å². The molecule has 0 fully saturated rings. The highest BCUT2D eigenvalue weighted by molar-refractivity contribution is 5.79. The average Bonchev–Trinajstić information content (AvgIpc) is 3.13. The van der Waals surface area contributed by atoms with Gasteiger partial charge in [-0.25, -0.2) is 4.98 Å². The number of ether oxygens (including phenoxy) is 1. The number of para-hydroxylation sites is 1. The van der Waals surface area contributed by atoms with E-state index in [1.54, 1.807) is 13.3 Å². The van der Waals surface area contributed by atoms with Crippen molar-refractivity contribution in [3.63, 3.8) is 0 Å². The maximum Gasteiger partial charge on any atom is 0.225 e. The molecule has 0 aliphatic heterocycles. The Bertz CT molecular complexity index is 945. The van der Waals surface area contributed by atoms with Crippen LogP contribution >= 0.6 is 0 Å². The molecule has 0 aliphatic rings. The number of carbonyl (C=O) groups excluding carboxylic acids is 1. The summed E-state index contributed by atoms with van der Waals surface area (Å²) in [6.07, 6.45) is 4.97. The Hall–Kier alpha value is -3.08. The van der Waals surface area contributed by atoms with E-state index in [9.17, 15) is 4.79 Å². The lowest BCUT2D eigenvalue weighted by molar-refractivity contribution is -0.121. The second-order valence-corrected chi connectivity index (χ2v) is 7.73. The van der Waals surface area contributed by atoms with Gasteiger partial charge < -0.3 is 14.6 Å². The molecule has 1 aromatic heterocycles. The Labute approximate surface area is 172 Å². The van der Waals surface area contributed by atoms with Crippen LogP contribution in [0.1, 0.15) is 42.4 Å². The van der Waals surface area contributed by atoms with E-state index in [4.69, 9.17) is 4.74 Å². The minimum atomic E-state index is -0.390. The summed E-state index contributed by atoms with van der Waals surface area (Å²) in [7, 11) is 3.55. The Morgan fingerprint density at radius 1 is 1.10 bits per heavy atom. The summed E-state index contributed by atoms with van der Waals surface area (Å²) in [5.74, 6) is 2.04. The van der Waals surface area contributed by atoms with Crippen LogP contribution in [0.15, 0.2) is 60.9 Å². The fourth-order valence-electron chi connectivity index (χ4n) is 3.50. The molecule has 0 saturated heterocycles. The lowest BCUT2D eigenvalue weighted by atomic mass is 10.0. The van der Waals surface area contributed by atoms with E-state index in [0.29, 0.717) is 12.3 Å². The molecule has 1 amide bonds. The van der Waals surface area contributed by atoms with Crippen molar-refractivity contribution < 1.29 is 9.53 Å². The Kier molecular flexibility index (Phi) is 6.70. The van der Waals surface area contributed by atoms with Gasteiger partial charge in [-0.2, -0.15) is 0 Å². The molecule has 29 heavy (non-hydrogen) atoms. The molecule has 0 saturated carbocycles. The lowest BCUT2D eigenvalue weighted by Gasteiger charge is -2.21. The normalized spacial score (nSPS) is 12.0. The zero-order chi connectivity index (χ0) is 20.8. The lowest BCUT2D eigenvalue weighted by Crippen LogP contribution is -2.32. The largest absolute Gasteiger partial charge is 0.496 e. The number of imidazole rings is 1. The minimum Gasteiger partial charge on any atom is -0.496 e. The summed E-state index contributed by atoms with van der Waals surface area (Å²) < 4.78 is 7.44. The van der Waals surface area contributed by atoms with Crippen LogP contribution in [0.25, 0.3) is 0 Å². The van der Waals surface area contributed by atoms with Crippen molar-refractivity contribution in [2.24, 2.45) is 13.0 Å². The molecule has 3 rings (SSSR count). The maximum atomic E-state index is 12.9. The van der Waals surface area contributed by atoms with Crippen LogP contribution in [0.2, 0.25) is 0 Å². The van der Waals surface area contributed by atoms with E-state index in [1.807, 2.05) is 54.2 Å². The molecule has 1 heterocycles. The second-order valence-electron chi connectivity index (χ2n) is 7.73. The zero-order valence-electron chi connectivity index (χ0n) is 17.6. The molecule has 152 valence electrons. The number of amides is 1. The van der Waals surface area contributed by atoms with Crippen LogP contribution < -0.4 is 10.1 Å². The van der Waals surface area contributed by atoms with E-state index in [-0.39, 0.29) is 11.9 Å². The van der Waals surface area contributed by atoms with Gasteiger partial charge in [-0.05, 0) is 29.5 Å². The summed E-state index contributed by atoms with van der Waals surface area (Å²) in [6, 6.07) is 15.6. The summed E-state index contributed by atoms with van der Waals surface area (Å²) in [5, 5.41) is 3.14. The zero-order valence-corrected chi connectivity index (χ0v) is 17.6. The third-order valence-corrected chi connectivity index (χ3v) is 4.90. The standard InChI is InChI=1S/C24H29N3O2/c1-17(2)15-18-9-11-19(12-10-18)16-22(28)26-23(24-25-13-14-27(24)3)20-7-5-6-8-21(20)29-4/h5-14,17,23H,15-16H2,1-4H3,(H,26,28). The van der Waals surface area contributed by atoms with E-state index in [1.165, 1.54) is 5.56 Å². The molecule has 1 N–H and O–H groups in total. The molecule has 0 bridgehead atoms. The second kappa shape index (κ2) is 9.41. The molecule has 1 atom stereocenters. The summed E-state index contributed by atoms with van der Waals surface area (Å²) in [6.45, 7) is 4.41. The van der Waals surface area contributed by atoms with E-state index in [2.05, 4.69) is 36.3 Å². The number of aromatic nitrogens is 2. The first kappa shape index (κ1) is 20.6. The molecule has 0 spiro atoms.